The lowest BCUT2D eigenvalue weighted by Crippen LogP contribution is -2.38. The van der Waals surface area contributed by atoms with E-state index < -0.39 is 0 Å². The summed E-state index contributed by atoms with van der Waals surface area (Å²) in [4.78, 5) is 11.9. The Labute approximate surface area is 87.0 Å². The average molecular weight is 198 g/mol. The molecule has 1 fully saturated rings. The fourth-order valence-electron chi connectivity index (χ4n) is 2.20. The standard InChI is InChI=1S/C12H22O2/c1-3-7-11(13)12(14-10-4-2)8-5-6-9-12/h3-10H2,1-2H3. The average Bonchev–Trinajstić information content (AvgIpc) is 2.65. The highest BCUT2D eigenvalue weighted by Crippen LogP contribution is 2.35. The highest BCUT2D eigenvalue weighted by Gasteiger charge is 2.40. The minimum atomic E-state index is -0.383. The Morgan fingerprint density at radius 3 is 2.36 bits per heavy atom. The van der Waals surface area contributed by atoms with E-state index in [1.54, 1.807) is 0 Å². The van der Waals surface area contributed by atoms with Crippen molar-refractivity contribution in [2.24, 2.45) is 0 Å². The molecule has 1 aliphatic rings. The first-order chi connectivity index (χ1) is 6.75. The first kappa shape index (κ1) is 11.7. The third-order valence-electron chi connectivity index (χ3n) is 2.98. The molecule has 0 atom stereocenters. The van der Waals surface area contributed by atoms with E-state index >= 15 is 0 Å². The molecule has 0 aromatic heterocycles. The van der Waals surface area contributed by atoms with Gasteiger partial charge in [-0.15, -0.1) is 0 Å². The maximum absolute atomic E-state index is 11.9. The largest absolute Gasteiger partial charge is 0.367 e. The molecule has 0 bridgehead atoms. The third-order valence-corrected chi connectivity index (χ3v) is 2.98. The summed E-state index contributed by atoms with van der Waals surface area (Å²) in [5.74, 6) is 0.339. The Balaban J connectivity index is 2.56. The van der Waals surface area contributed by atoms with Gasteiger partial charge in [-0.25, -0.2) is 0 Å². The summed E-state index contributed by atoms with van der Waals surface area (Å²) in [6.07, 6.45) is 6.83. The first-order valence-corrected chi connectivity index (χ1v) is 5.92. The molecule has 0 unspecified atom stereocenters. The molecule has 2 nitrogen and oxygen atoms in total. The van der Waals surface area contributed by atoms with Crippen LogP contribution >= 0.6 is 0 Å². The zero-order valence-corrected chi connectivity index (χ0v) is 9.47. The molecule has 1 aliphatic carbocycles. The van der Waals surface area contributed by atoms with Crippen LogP contribution in [0.4, 0.5) is 0 Å². The van der Waals surface area contributed by atoms with Gasteiger partial charge < -0.3 is 4.74 Å². The zero-order chi connectivity index (χ0) is 10.4. The van der Waals surface area contributed by atoms with Gasteiger partial charge in [-0.3, -0.25) is 4.79 Å². The van der Waals surface area contributed by atoms with Crippen LogP contribution in [0.5, 0.6) is 0 Å². The number of ether oxygens (including phenoxy) is 1. The zero-order valence-electron chi connectivity index (χ0n) is 9.47. The highest BCUT2D eigenvalue weighted by molar-refractivity contribution is 5.87. The van der Waals surface area contributed by atoms with Gasteiger partial charge in [-0.2, -0.15) is 0 Å². The Kier molecular flexibility index (Phi) is 4.59. The van der Waals surface area contributed by atoms with Gasteiger partial charge in [0.1, 0.15) is 5.60 Å². The molecule has 82 valence electrons. The normalized spacial score (nSPS) is 19.9. The van der Waals surface area contributed by atoms with Crippen molar-refractivity contribution in [1.29, 1.82) is 0 Å². The van der Waals surface area contributed by atoms with Crippen LogP contribution in [0, 0.1) is 0 Å². The molecular formula is C12H22O2. The summed E-state index contributed by atoms with van der Waals surface area (Å²) in [5, 5.41) is 0. The topological polar surface area (TPSA) is 26.3 Å². The van der Waals surface area contributed by atoms with Crippen molar-refractivity contribution < 1.29 is 9.53 Å². The predicted octanol–water partition coefficient (Wildman–Crippen LogP) is 3.10. The highest BCUT2D eigenvalue weighted by atomic mass is 16.5. The van der Waals surface area contributed by atoms with Crippen LogP contribution in [-0.2, 0) is 9.53 Å². The number of Topliss-reactive ketones (excluding diaryl/α,β-unsaturated/α-hetero) is 1. The molecule has 0 radical (unpaired) electrons. The second-order valence-corrected chi connectivity index (χ2v) is 4.22. The quantitative estimate of drug-likeness (QED) is 0.655. The van der Waals surface area contributed by atoms with Gasteiger partial charge in [0.2, 0.25) is 0 Å². The lowest BCUT2D eigenvalue weighted by Gasteiger charge is -2.27. The van der Waals surface area contributed by atoms with Gasteiger partial charge in [0.05, 0.1) is 0 Å². The molecule has 0 aromatic rings. The third kappa shape index (κ3) is 2.57. The number of carbonyl (C=O) groups is 1. The van der Waals surface area contributed by atoms with E-state index in [0.29, 0.717) is 12.2 Å². The SMILES string of the molecule is CCCOC1(C(=O)CCC)CCCC1. The fraction of sp³-hybridized carbons (Fsp3) is 0.917. The molecule has 1 rings (SSSR count). The molecule has 1 saturated carbocycles. The summed E-state index contributed by atoms with van der Waals surface area (Å²) < 4.78 is 5.80. The van der Waals surface area contributed by atoms with Crippen LogP contribution in [0.25, 0.3) is 0 Å². The Morgan fingerprint density at radius 2 is 1.86 bits per heavy atom. The lowest BCUT2D eigenvalue weighted by atomic mass is 9.93. The molecular weight excluding hydrogens is 176 g/mol. The van der Waals surface area contributed by atoms with Crippen molar-refractivity contribution >= 4 is 5.78 Å². The predicted molar refractivity (Wildman–Crippen MR) is 57.4 cm³/mol. The van der Waals surface area contributed by atoms with Crippen molar-refractivity contribution in [2.75, 3.05) is 6.61 Å². The molecule has 0 heterocycles. The summed E-state index contributed by atoms with van der Waals surface area (Å²) >= 11 is 0. The van der Waals surface area contributed by atoms with E-state index in [9.17, 15) is 4.79 Å². The minimum absolute atomic E-state index is 0.339. The van der Waals surface area contributed by atoms with Gasteiger partial charge in [0, 0.05) is 13.0 Å². The molecule has 0 amide bonds. The molecule has 0 aliphatic heterocycles. The lowest BCUT2D eigenvalue weighted by molar-refractivity contribution is -0.144. The summed E-state index contributed by atoms with van der Waals surface area (Å²) in [6.45, 7) is 4.88. The smallest absolute Gasteiger partial charge is 0.164 e. The van der Waals surface area contributed by atoms with Crippen molar-refractivity contribution in [2.45, 2.75) is 64.4 Å². The van der Waals surface area contributed by atoms with Gasteiger partial charge in [-0.1, -0.05) is 13.8 Å². The molecule has 2 heteroatoms. The number of carbonyl (C=O) groups excluding carboxylic acids is 1. The van der Waals surface area contributed by atoms with Gasteiger partial charge >= 0.3 is 0 Å². The van der Waals surface area contributed by atoms with Crippen LogP contribution in [0.1, 0.15) is 58.8 Å². The molecule has 0 saturated heterocycles. The van der Waals surface area contributed by atoms with Crippen molar-refractivity contribution in [3.8, 4) is 0 Å². The van der Waals surface area contributed by atoms with E-state index in [1.807, 2.05) is 0 Å². The van der Waals surface area contributed by atoms with Crippen LogP contribution in [0.2, 0.25) is 0 Å². The fourth-order valence-corrected chi connectivity index (χ4v) is 2.20. The van der Waals surface area contributed by atoms with Crippen LogP contribution < -0.4 is 0 Å². The van der Waals surface area contributed by atoms with Crippen LogP contribution in [0.15, 0.2) is 0 Å². The van der Waals surface area contributed by atoms with E-state index in [2.05, 4.69) is 13.8 Å². The van der Waals surface area contributed by atoms with Crippen LogP contribution in [0.3, 0.4) is 0 Å². The van der Waals surface area contributed by atoms with E-state index in [1.165, 1.54) is 0 Å². The maximum atomic E-state index is 11.9. The monoisotopic (exact) mass is 198 g/mol. The van der Waals surface area contributed by atoms with Gasteiger partial charge in [0.15, 0.2) is 5.78 Å². The van der Waals surface area contributed by atoms with E-state index in [4.69, 9.17) is 4.74 Å². The van der Waals surface area contributed by atoms with Crippen LogP contribution in [-0.4, -0.2) is 18.0 Å². The molecule has 14 heavy (non-hydrogen) atoms. The van der Waals surface area contributed by atoms with Crippen molar-refractivity contribution in [1.82, 2.24) is 0 Å². The maximum Gasteiger partial charge on any atom is 0.164 e. The summed E-state index contributed by atoms with van der Waals surface area (Å²) in [6, 6.07) is 0. The van der Waals surface area contributed by atoms with Crippen molar-refractivity contribution in [3.05, 3.63) is 0 Å². The number of ketones is 1. The molecule has 0 spiro atoms. The summed E-state index contributed by atoms with van der Waals surface area (Å²) in [7, 11) is 0. The summed E-state index contributed by atoms with van der Waals surface area (Å²) in [5.41, 5.74) is -0.383. The Bertz CT molecular complexity index is 181. The van der Waals surface area contributed by atoms with Gasteiger partial charge in [0.25, 0.3) is 0 Å². The number of hydrogen-bond acceptors (Lipinski definition) is 2. The second kappa shape index (κ2) is 5.50. The number of rotatable bonds is 6. The van der Waals surface area contributed by atoms with E-state index in [-0.39, 0.29) is 5.60 Å². The minimum Gasteiger partial charge on any atom is -0.367 e. The van der Waals surface area contributed by atoms with Gasteiger partial charge in [-0.05, 0) is 38.5 Å². The second-order valence-electron chi connectivity index (χ2n) is 4.22. The Morgan fingerprint density at radius 1 is 1.21 bits per heavy atom. The van der Waals surface area contributed by atoms with Crippen molar-refractivity contribution in [3.63, 3.8) is 0 Å². The first-order valence-electron chi connectivity index (χ1n) is 5.92. The Hall–Kier alpha value is -0.370. The number of hydrogen-bond donors (Lipinski definition) is 0. The molecule has 0 aromatic carbocycles. The van der Waals surface area contributed by atoms with E-state index in [0.717, 1.165) is 45.1 Å². The molecule has 0 N–H and O–H groups in total.